The molecule has 186 valence electrons. The van der Waals surface area contributed by atoms with Crippen molar-refractivity contribution in [2.24, 2.45) is 0 Å². The van der Waals surface area contributed by atoms with Crippen LogP contribution in [0.4, 0.5) is 4.79 Å². The van der Waals surface area contributed by atoms with Crippen molar-refractivity contribution in [1.82, 2.24) is 14.8 Å². The smallest absolute Gasteiger partial charge is 0.410 e. The number of H-pyrrole nitrogens is 1. The molecule has 2 aromatic carbocycles. The van der Waals surface area contributed by atoms with E-state index in [1.807, 2.05) is 42.2 Å². The van der Waals surface area contributed by atoms with Gasteiger partial charge in [0.05, 0.1) is 13.2 Å². The Labute approximate surface area is 212 Å². The molecule has 1 atom stereocenters. The van der Waals surface area contributed by atoms with Crippen molar-refractivity contribution in [1.29, 1.82) is 0 Å². The zero-order valence-electron chi connectivity index (χ0n) is 20.4. The van der Waals surface area contributed by atoms with Crippen LogP contribution in [0, 0.1) is 0 Å². The minimum absolute atomic E-state index is 0.251. The van der Waals surface area contributed by atoms with Gasteiger partial charge in [-0.15, -0.1) is 0 Å². The Kier molecular flexibility index (Phi) is 7.49. The molecule has 0 aliphatic carbocycles. The number of hydrogen-bond acceptors (Lipinski definition) is 4. The molecule has 7 heteroatoms. The number of rotatable bonds is 8. The number of nitrogens with zero attached hydrogens (tertiary/aromatic N) is 2. The van der Waals surface area contributed by atoms with E-state index in [9.17, 15) is 4.79 Å². The van der Waals surface area contributed by atoms with E-state index < -0.39 is 0 Å². The molecule has 1 aromatic heterocycles. The normalized spacial score (nSPS) is 18.1. The average Bonchev–Trinajstić information content (AvgIpc) is 3.51. The quantitative estimate of drug-likeness (QED) is 0.379. The number of nitrogens with one attached hydrogen (secondary N) is 1. The topological polar surface area (TPSA) is 57.8 Å². The molecule has 3 aromatic rings. The van der Waals surface area contributed by atoms with Gasteiger partial charge in [-0.1, -0.05) is 23.7 Å². The molecule has 2 aliphatic rings. The molecule has 1 fully saturated rings. The molecule has 0 spiro atoms. The van der Waals surface area contributed by atoms with Gasteiger partial charge in [-0.25, -0.2) is 4.79 Å². The van der Waals surface area contributed by atoms with Crippen LogP contribution in [-0.2, 0) is 11.2 Å². The molecule has 0 saturated carbocycles. The van der Waals surface area contributed by atoms with Crippen LogP contribution in [0.3, 0.4) is 0 Å². The van der Waals surface area contributed by atoms with Crippen LogP contribution in [-0.4, -0.2) is 60.3 Å². The molecule has 35 heavy (non-hydrogen) atoms. The maximum absolute atomic E-state index is 12.9. The van der Waals surface area contributed by atoms with Gasteiger partial charge >= 0.3 is 6.09 Å². The number of halogens is 1. The molecule has 3 heterocycles. The molecular formula is C28H34ClN3O3. The number of benzene rings is 2. The van der Waals surface area contributed by atoms with Crippen molar-refractivity contribution in [3.8, 4) is 5.75 Å². The van der Waals surface area contributed by atoms with E-state index in [1.165, 1.54) is 44.5 Å². The van der Waals surface area contributed by atoms with Crippen LogP contribution >= 0.6 is 11.6 Å². The number of amides is 1. The van der Waals surface area contributed by atoms with Gasteiger partial charge in [0.1, 0.15) is 11.8 Å². The lowest BCUT2D eigenvalue weighted by molar-refractivity contribution is 0.0932. The number of aromatic nitrogens is 1. The third kappa shape index (κ3) is 5.29. The van der Waals surface area contributed by atoms with Gasteiger partial charge in [-0.2, -0.15) is 0 Å². The highest BCUT2D eigenvalue weighted by atomic mass is 35.5. The molecule has 1 N–H and O–H groups in total. The molecule has 0 bridgehead atoms. The highest BCUT2D eigenvalue weighted by Gasteiger charge is 2.35. The lowest BCUT2D eigenvalue weighted by atomic mass is 9.92. The Morgan fingerprint density at radius 1 is 1.09 bits per heavy atom. The average molecular weight is 496 g/mol. The second kappa shape index (κ2) is 10.9. The summed E-state index contributed by atoms with van der Waals surface area (Å²) in [6, 6.07) is 13.8. The van der Waals surface area contributed by atoms with E-state index in [4.69, 9.17) is 21.1 Å². The van der Waals surface area contributed by atoms with Crippen molar-refractivity contribution in [2.45, 2.75) is 45.1 Å². The first-order valence-corrected chi connectivity index (χ1v) is 13.2. The van der Waals surface area contributed by atoms with Crippen LogP contribution in [0.1, 0.15) is 55.5 Å². The zero-order chi connectivity index (χ0) is 24.2. The molecule has 1 saturated heterocycles. The minimum atomic E-state index is -0.293. The summed E-state index contributed by atoms with van der Waals surface area (Å²) in [7, 11) is 0. The van der Waals surface area contributed by atoms with Gasteiger partial charge in [0.25, 0.3) is 0 Å². The Balaban J connectivity index is 1.32. The Bertz CT molecular complexity index is 1150. The second-order valence-corrected chi connectivity index (χ2v) is 9.86. The summed E-state index contributed by atoms with van der Waals surface area (Å²) < 4.78 is 11.4. The number of aromatic amines is 1. The number of carbonyl (C=O) groups excluding carboxylic acids is 1. The van der Waals surface area contributed by atoms with Gasteiger partial charge in [0.15, 0.2) is 0 Å². The maximum Gasteiger partial charge on any atom is 0.410 e. The Morgan fingerprint density at radius 3 is 2.66 bits per heavy atom. The number of fused-ring (bicyclic) bond motifs is 3. The summed E-state index contributed by atoms with van der Waals surface area (Å²) in [5.74, 6) is 0.858. The van der Waals surface area contributed by atoms with Crippen LogP contribution in [0.15, 0.2) is 42.5 Å². The summed E-state index contributed by atoms with van der Waals surface area (Å²) in [6.07, 6.45) is 5.36. The maximum atomic E-state index is 12.9. The van der Waals surface area contributed by atoms with E-state index in [1.54, 1.807) is 0 Å². The molecule has 6 nitrogen and oxygen atoms in total. The molecule has 0 radical (unpaired) electrons. The summed E-state index contributed by atoms with van der Waals surface area (Å²) in [5.41, 5.74) is 4.30. The van der Waals surface area contributed by atoms with Crippen LogP contribution in [0.2, 0.25) is 5.02 Å². The predicted molar refractivity (Wildman–Crippen MR) is 139 cm³/mol. The molecule has 1 unspecified atom stereocenters. The standard InChI is InChI=1S/C28H34ClN3O3/c1-2-34-28(33)32-17-13-23-24-19-21(29)9-12-25(24)30-26(23)27(32)20-7-10-22(11-8-20)35-18-6-5-16-31-14-3-4-15-31/h7-12,19,27,30H,2-6,13-18H2,1H3. The fourth-order valence-electron chi connectivity index (χ4n) is 5.39. The van der Waals surface area contributed by atoms with E-state index in [-0.39, 0.29) is 12.1 Å². The van der Waals surface area contributed by atoms with E-state index >= 15 is 0 Å². The Morgan fingerprint density at radius 2 is 1.89 bits per heavy atom. The van der Waals surface area contributed by atoms with Crippen LogP contribution < -0.4 is 4.74 Å². The SMILES string of the molecule is CCOC(=O)N1CCc2c([nH]c3ccc(Cl)cc23)C1c1ccc(OCCCCN2CCCC2)cc1. The van der Waals surface area contributed by atoms with Crippen molar-refractivity contribution in [3.05, 3.63) is 64.3 Å². The third-order valence-corrected chi connectivity index (χ3v) is 7.36. The summed E-state index contributed by atoms with van der Waals surface area (Å²) in [5, 5.41) is 1.83. The van der Waals surface area contributed by atoms with E-state index in [0.29, 0.717) is 18.2 Å². The summed E-state index contributed by atoms with van der Waals surface area (Å²) in [4.78, 5) is 20.8. The summed E-state index contributed by atoms with van der Waals surface area (Å²) in [6.45, 7) is 7.16. The first kappa shape index (κ1) is 24.0. The second-order valence-electron chi connectivity index (χ2n) is 9.43. The van der Waals surface area contributed by atoms with Crippen LogP contribution in [0.5, 0.6) is 5.75 Å². The van der Waals surface area contributed by atoms with E-state index in [2.05, 4.69) is 22.0 Å². The van der Waals surface area contributed by atoms with Gasteiger partial charge in [0.2, 0.25) is 0 Å². The monoisotopic (exact) mass is 495 g/mol. The van der Waals surface area contributed by atoms with Crippen molar-refractivity contribution in [2.75, 3.05) is 39.4 Å². The highest BCUT2D eigenvalue weighted by molar-refractivity contribution is 6.31. The van der Waals surface area contributed by atoms with Crippen molar-refractivity contribution < 1.29 is 14.3 Å². The molecular weight excluding hydrogens is 462 g/mol. The zero-order valence-corrected chi connectivity index (χ0v) is 21.2. The first-order valence-electron chi connectivity index (χ1n) is 12.8. The molecule has 5 rings (SSSR count). The summed E-state index contributed by atoms with van der Waals surface area (Å²) >= 11 is 6.29. The fraction of sp³-hybridized carbons (Fsp3) is 0.464. The van der Waals surface area contributed by atoms with Gasteiger partial charge in [0, 0.05) is 28.2 Å². The van der Waals surface area contributed by atoms with Crippen LogP contribution in [0.25, 0.3) is 10.9 Å². The van der Waals surface area contributed by atoms with Gasteiger partial charge < -0.3 is 19.4 Å². The molecule has 1 amide bonds. The lowest BCUT2D eigenvalue weighted by Crippen LogP contribution is -2.40. The lowest BCUT2D eigenvalue weighted by Gasteiger charge is -2.35. The number of likely N-dealkylation sites (tertiary alicyclic amines) is 1. The highest BCUT2D eigenvalue weighted by Crippen LogP contribution is 2.39. The first-order chi connectivity index (χ1) is 17.1. The van der Waals surface area contributed by atoms with Gasteiger partial charge in [-0.3, -0.25) is 4.90 Å². The Hall–Kier alpha value is -2.70. The number of unbranched alkanes of at least 4 members (excludes halogenated alkanes) is 1. The molecule has 2 aliphatic heterocycles. The minimum Gasteiger partial charge on any atom is -0.494 e. The predicted octanol–water partition coefficient (Wildman–Crippen LogP) is 6.18. The number of ether oxygens (including phenoxy) is 2. The van der Waals surface area contributed by atoms with Gasteiger partial charge in [-0.05, 0) is 100 Å². The van der Waals surface area contributed by atoms with Crippen molar-refractivity contribution in [3.63, 3.8) is 0 Å². The van der Waals surface area contributed by atoms with E-state index in [0.717, 1.165) is 47.4 Å². The fourth-order valence-corrected chi connectivity index (χ4v) is 5.56. The largest absolute Gasteiger partial charge is 0.494 e. The number of hydrogen-bond donors (Lipinski definition) is 1. The van der Waals surface area contributed by atoms with Crippen molar-refractivity contribution >= 4 is 28.6 Å². The third-order valence-electron chi connectivity index (χ3n) is 7.12. The number of carbonyl (C=O) groups is 1.